The molecule has 1 unspecified atom stereocenters. The summed E-state index contributed by atoms with van der Waals surface area (Å²) in [4.78, 5) is 11.8. The van der Waals surface area contributed by atoms with Crippen molar-refractivity contribution in [3.8, 4) is 0 Å². The van der Waals surface area contributed by atoms with Crippen LogP contribution < -0.4 is 11.1 Å². The summed E-state index contributed by atoms with van der Waals surface area (Å²) in [6.45, 7) is 7.15. The number of carbonyl (C=O) groups excluding carboxylic acids is 1. The van der Waals surface area contributed by atoms with Gasteiger partial charge in [-0.05, 0) is 111 Å². The lowest BCUT2D eigenvalue weighted by molar-refractivity contribution is -0.203. The molecule has 4 fully saturated rings. The summed E-state index contributed by atoms with van der Waals surface area (Å²) >= 11 is 2.15. The van der Waals surface area contributed by atoms with Gasteiger partial charge >= 0.3 is 5.97 Å². The second-order valence-electron chi connectivity index (χ2n) is 13.0. The highest BCUT2D eigenvalue weighted by molar-refractivity contribution is 7.99. The molecule has 5 N–H and O–H groups in total. The van der Waals surface area contributed by atoms with Crippen molar-refractivity contribution in [2.45, 2.75) is 95.0 Å². The van der Waals surface area contributed by atoms with Gasteiger partial charge in [-0.15, -0.1) is 0 Å². The van der Waals surface area contributed by atoms with Crippen molar-refractivity contribution in [3.63, 3.8) is 0 Å². The van der Waals surface area contributed by atoms with Crippen molar-refractivity contribution < 1.29 is 19.7 Å². The van der Waals surface area contributed by atoms with Crippen LogP contribution in [0.3, 0.4) is 0 Å². The van der Waals surface area contributed by atoms with Gasteiger partial charge in [0.15, 0.2) is 0 Å². The van der Waals surface area contributed by atoms with Crippen LogP contribution in [0.4, 0.5) is 0 Å². The van der Waals surface area contributed by atoms with Gasteiger partial charge in [-0.3, -0.25) is 0 Å². The number of thioether (sulfide) groups is 1. The minimum atomic E-state index is -0.614. The number of fused-ring (bicyclic) bond motifs is 5. The number of aliphatic hydroxyl groups is 2. The lowest BCUT2D eigenvalue weighted by atomic mass is 9.43. The van der Waals surface area contributed by atoms with E-state index in [4.69, 9.17) is 10.5 Å². The van der Waals surface area contributed by atoms with Crippen LogP contribution in [0.15, 0.2) is 11.6 Å². The number of carbonyl (C=O) groups is 1. The molecule has 1 heterocycles. The highest BCUT2D eigenvalue weighted by Gasteiger charge is 2.67. The molecule has 6 nitrogen and oxygen atoms in total. The Kier molecular flexibility index (Phi) is 7.89. The Bertz CT molecular complexity index is 853. The van der Waals surface area contributed by atoms with Crippen molar-refractivity contribution in [2.24, 2.45) is 40.2 Å². The second kappa shape index (κ2) is 10.5. The number of aliphatic hydroxyl groups excluding tert-OH is 1. The zero-order chi connectivity index (χ0) is 25.6. The van der Waals surface area contributed by atoms with Gasteiger partial charge in [-0.2, -0.15) is 11.8 Å². The summed E-state index contributed by atoms with van der Waals surface area (Å²) in [6.07, 6.45) is 12.9. The van der Waals surface area contributed by atoms with Crippen molar-refractivity contribution in [2.75, 3.05) is 32.0 Å². The topological polar surface area (TPSA) is 105 Å². The number of rotatable bonds is 9. The number of hydrogen-bond donors (Lipinski definition) is 4. The summed E-state index contributed by atoms with van der Waals surface area (Å²) < 4.78 is 5.27. The minimum absolute atomic E-state index is 0.140. The van der Waals surface area contributed by atoms with Gasteiger partial charge in [0, 0.05) is 29.8 Å². The first-order valence-electron chi connectivity index (χ1n) is 14.5. The fourth-order valence-corrected chi connectivity index (χ4v) is 10.6. The van der Waals surface area contributed by atoms with E-state index in [-0.39, 0.29) is 17.3 Å². The summed E-state index contributed by atoms with van der Waals surface area (Å²) in [5.41, 5.74) is 6.18. The monoisotopic (exact) mass is 520 g/mol. The first kappa shape index (κ1) is 27.0. The Morgan fingerprint density at radius 1 is 1.17 bits per heavy atom. The molecule has 4 saturated carbocycles. The first-order chi connectivity index (χ1) is 17.2. The average molecular weight is 521 g/mol. The number of cyclic esters (lactones) is 1. The van der Waals surface area contributed by atoms with Crippen molar-refractivity contribution in [3.05, 3.63) is 11.6 Å². The Hall–Kier alpha value is -0.600. The predicted octanol–water partition coefficient (Wildman–Crippen LogP) is 3.64. The molecule has 1 aliphatic heterocycles. The van der Waals surface area contributed by atoms with Gasteiger partial charge in [0.2, 0.25) is 0 Å². The molecule has 0 spiro atoms. The summed E-state index contributed by atoms with van der Waals surface area (Å²) in [5.74, 6) is 3.03. The number of esters is 1. The van der Waals surface area contributed by atoms with E-state index in [1.807, 2.05) is 0 Å². The number of nitrogens with one attached hydrogen (secondary N) is 1. The molecule has 204 valence electrons. The van der Waals surface area contributed by atoms with Crippen LogP contribution in [-0.4, -0.2) is 65.1 Å². The van der Waals surface area contributed by atoms with Gasteiger partial charge in [-0.1, -0.05) is 13.8 Å². The van der Waals surface area contributed by atoms with Gasteiger partial charge < -0.3 is 26.0 Å². The van der Waals surface area contributed by atoms with Crippen molar-refractivity contribution in [1.29, 1.82) is 0 Å². The Morgan fingerprint density at radius 2 is 2.00 bits per heavy atom. The van der Waals surface area contributed by atoms with Crippen LogP contribution in [-0.2, 0) is 9.53 Å². The maximum absolute atomic E-state index is 12.4. The SMILES string of the molecule is C[C@]12CC[C@H](SCCCNCC(O)CN)C[C@H]1CC[C@@H]1[C@@H]2CC[C@]2(C)[C@@H](C3=CC(=O)OC3)CC[C@]12O. The number of nitrogens with two attached hydrogens (primary N) is 1. The second-order valence-corrected chi connectivity index (χ2v) is 14.4. The molecule has 0 aromatic heterocycles. The quantitative estimate of drug-likeness (QED) is 0.272. The third-order valence-corrected chi connectivity index (χ3v) is 12.9. The summed E-state index contributed by atoms with van der Waals surface area (Å²) in [5, 5.41) is 26.0. The van der Waals surface area contributed by atoms with Gasteiger partial charge in [-0.25, -0.2) is 4.79 Å². The van der Waals surface area contributed by atoms with Crippen LogP contribution in [0.2, 0.25) is 0 Å². The molecule has 9 atom stereocenters. The molecule has 0 bridgehead atoms. The Labute approximate surface area is 221 Å². The first-order valence-corrected chi connectivity index (χ1v) is 15.6. The van der Waals surface area contributed by atoms with Crippen molar-refractivity contribution in [1.82, 2.24) is 5.32 Å². The van der Waals surface area contributed by atoms with E-state index in [1.165, 1.54) is 37.9 Å². The van der Waals surface area contributed by atoms with Crippen LogP contribution in [0.5, 0.6) is 0 Å². The van der Waals surface area contributed by atoms with E-state index in [2.05, 4.69) is 30.9 Å². The third-order valence-electron chi connectivity index (χ3n) is 11.4. The van der Waals surface area contributed by atoms with Crippen molar-refractivity contribution >= 4 is 17.7 Å². The largest absolute Gasteiger partial charge is 0.458 e. The predicted molar refractivity (Wildman–Crippen MR) is 145 cm³/mol. The Balaban J connectivity index is 1.18. The summed E-state index contributed by atoms with van der Waals surface area (Å²) in [7, 11) is 0. The zero-order valence-electron chi connectivity index (χ0n) is 22.3. The van der Waals surface area contributed by atoms with Crippen LogP contribution >= 0.6 is 11.8 Å². The third kappa shape index (κ3) is 4.59. The molecule has 0 amide bonds. The normalized spacial score (nSPS) is 44.9. The highest BCUT2D eigenvalue weighted by Crippen LogP contribution is 2.70. The molecule has 36 heavy (non-hydrogen) atoms. The molecule has 4 aliphatic carbocycles. The molecule has 5 rings (SSSR count). The fourth-order valence-electron chi connectivity index (χ4n) is 9.32. The molecule has 0 aromatic carbocycles. The van der Waals surface area contributed by atoms with Gasteiger partial charge in [0.1, 0.15) is 6.61 Å². The van der Waals surface area contributed by atoms with E-state index >= 15 is 0 Å². The van der Waals surface area contributed by atoms with Crippen LogP contribution in [0, 0.1) is 34.5 Å². The fraction of sp³-hybridized carbons (Fsp3) is 0.897. The maximum atomic E-state index is 12.4. The molecular weight excluding hydrogens is 472 g/mol. The van der Waals surface area contributed by atoms with E-state index in [0.717, 1.165) is 55.4 Å². The summed E-state index contributed by atoms with van der Waals surface area (Å²) in [6, 6.07) is 0. The molecule has 0 aromatic rings. The van der Waals surface area contributed by atoms with E-state index in [0.29, 0.717) is 36.9 Å². The average Bonchev–Trinajstić information content (AvgIpc) is 3.40. The number of ether oxygens (including phenoxy) is 1. The highest BCUT2D eigenvalue weighted by atomic mass is 32.2. The van der Waals surface area contributed by atoms with Crippen LogP contribution in [0.25, 0.3) is 0 Å². The molecule has 7 heteroatoms. The van der Waals surface area contributed by atoms with Gasteiger partial charge in [0.05, 0.1) is 11.7 Å². The number of hydrogen-bond acceptors (Lipinski definition) is 7. The standard InChI is InChI=1S/C29H48N2O4S/c1-27-9-6-22(36-13-3-12-31-17-21(32)16-30)15-20(27)4-5-25-24(27)7-10-28(2)23(8-11-29(25,28)34)19-14-26(33)35-18-19/h14,20-25,31-32,34H,3-13,15-18,30H2,1-2H3/t20-,21?,22+,23-,24+,25-,27+,28-,29+/m1/s1. The van der Waals surface area contributed by atoms with Gasteiger partial charge in [0.25, 0.3) is 0 Å². The molecule has 0 saturated heterocycles. The smallest absolute Gasteiger partial charge is 0.331 e. The molecule has 0 radical (unpaired) electrons. The Morgan fingerprint density at radius 3 is 2.75 bits per heavy atom. The van der Waals surface area contributed by atoms with E-state index in [1.54, 1.807) is 6.08 Å². The van der Waals surface area contributed by atoms with Crippen LogP contribution in [0.1, 0.15) is 78.1 Å². The van der Waals surface area contributed by atoms with E-state index < -0.39 is 11.7 Å². The lowest BCUT2D eigenvalue weighted by Crippen LogP contribution is -2.62. The zero-order valence-corrected chi connectivity index (χ0v) is 23.2. The minimum Gasteiger partial charge on any atom is -0.458 e. The lowest BCUT2D eigenvalue weighted by Gasteiger charge is -2.64. The molecular formula is C29H48N2O4S. The maximum Gasteiger partial charge on any atom is 0.331 e. The van der Waals surface area contributed by atoms with E-state index in [9.17, 15) is 15.0 Å². The molecule has 5 aliphatic rings.